The summed E-state index contributed by atoms with van der Waals surface area (Å²) in [6.07, 6.45) is 0. The fourth-order valence-electron chi connectivity index (χ4n) is 2.57. The number of hydrogen-bond donors (Lipinski definition) is 2. The van der Waals surface area contributed by atoms with Gasteiger partial charge in [0.2, 0.25) is 16.8 Å². The van der Waals surface area contributed by atoms with Gasteiger partial charge in [0.25, 0.3) is 5.91 Å². The van der Waals surface area contributed by atoms with Crippen molar-refractivity contribution in [2.24, 2.45) is 0 Å². The molecular weight excluding hydrogens is 470 g/mol. The minimum Gasteiger partial charge on any atom is -0.491 e. The summed E-state index contributed by atoms with van der Waals surface area (Å²) in [4.78, 5) is 12.3. The molecule has 1 amide bonds. The number of halogens is 4. The molecule has 168 valence electrons. The number of nitrogens with one attached hydrogen (secondary N) is 2. The molecule has 0 unspecified atom stereocenters. The number of methoxy groups -OCH3 is 1. The summed E-state index contributed by atoms with van der Waals surface area (Å²) in [6.45, 7) is 1.60. The third-order valence-corrected chi connectivity index (χ3v) is 5.29. The van der Waals surface area contributed by atoms with Crippen LogP contribution in [0.15, 0.2) is 35.5 Å². The van der Waals surface area contributed by atoms with Crippen molar-refractivity contribution in [3.63, 3.8) is 0 Å². The molecule has 3 rings (SSSR count). The van der Waals surface area contributed by atoms with Crippen LogP contribution in [-0.2, 0) is 5.75 Å². The number of carbonyl (C=O) groups excluding carboxylic acids is 1. The molecule has 3 aromatic rings. The number of benzene rings is 2. The van der Waals surface area contributed by atoms with E-state index in [9.17, 15) is 22.4 Å². The zero-order valence-corrected chi connectivity index (χ0v) is 18.2. The molecule has 0 saturated carbocycles. The third-order valence-electron chi connectivity index (χ3n) is 4.10. The number of amides is 1. The Hall–Kier alpha value is -3.19. The Morgan fingerprint density at radius 1 is 1.09 bits per heavy atom. The first-order valence-electron chi connectivity index (χ1n) is 8.85. The van der Waals surface area contributed by atoms with E-state index in [1.54, 1.807) is 6.92 Å². The molecule has 0 bridgehead atoms. The lowest BCUT2D eigenvalue weighted by atomic mass is 10.1. The van der Waals surface area contributed by atoms with Crippen molar-refractivity contribution < 1.29 is 27.1 Å². The summed E-state index contributed by atoms with van der Waals surface area (Å²) in [5.74, 6) is -9.37. The maximum Gasteiger partial charge on any atom is 0.263 e. The van der Waals surface area contributed by atoms with Gasteiger partial charge in [0.05, 0.1) is 7.11 Å². The van der Waals surface area contributed by atoms with E-state index in [0.717, 1.165) is 12.7 Å². The Morgan fingerprint density at radius 3 is 2.31 bits per heavy atom. The van der Waals surface area contributed by atoms with Gasteiger partial charge in [-0.2, -0.15) is 8.78 Å². The maximum atomic E-state index is 14.1. The molecule has 0 aliphatic rings. The smallest absolute Gasteiger partial charge is 0.263 e. The van der Waals surface area contributed by atoms with Gasteiger partial charge < -0.3 is 4.74 Å². The highest BCUT2D eigenvalue weighted by atomic mass is 32.2. The highest BCUT2D eigenvalue weighted by Gasteiger charge is 2.30. The Kier molecular flexibility index (Phi) is 7.30. The van der Waals surface area contributed by atoms with E-state index in [0.29, 0.717) is 16.7 Å². The highest BCUT2D eigenvalue weighted by Crippen LogP contribution is 2.29. The second-order valence-electron chi connectivity index (χ2n) is 6.20. The lowest BCUT2D eigenvalue weighted by Gasteiger charge is -2.14. The largest absolute Gasteiger partial charge is 0.491 e. The van der Waals surface area contributed by atoms with Gasteiger partial charge in [-0.15, -0.1) is 10.2 Å². The van der Waals surface area contributed by atoms with Gasteiger partial charge >= 0.3 is 0 Å². The van der Waals surface area contributed by atoms with Gasteiger partial charge in [-0.05, 0) is 24.7 Å². The fourth-order valence-corrected chi connectivity index (χ4v) is 3.65. The Labute approximate surface area is 189 Å². The first-order valence-corrected chi connectivity index (χ1v) is 10.2. The average Bonchev–Trinajstić information content (AvgIpc) is 3.11. The maximum absolute atomic E-state index is 14.1. The minimum absolute atomic E-state index is 0.371. The summed E-state index contributed by atoms with van der Waals surface area (Å²) >= 11 is 6.30. The zero-order chi connectivity index (χ0) is 23.4. The van der Waals surface area contributed by atoms with Crippen molar-refractivity contribution in [1.82, 2.24) is 20.2 Å². The molecular formula is C19H15F4N5O2S2. The molecule has 0 fully saturated rings. The number of aromatic nitrogens is 3. The number of nitrogens with zero attached hydrogens (tertiary/aromatic N) is 3. The molecule has 7 nitrogen and oxygen atoms in total. The predicted molar refractivity (Wildman–Crippen MR) is 113 cm³/mol. The Balaban J connectivity index is 1.74. The number of hydrogen-bond acceptors (Lipinski definition) is 6. The van der Waals surface area contributed by atoms with E-state index in [-0.39, 0.29) is 0 Å². The Morgan fingerprint density at radius 2 is 1.72 bits per heavy atom. The summed E-state index contributed by atoms with van der Waals surface area (Å²) < 4.78 is 61.7. The van der Waals surface area contributed by atoms with E-state index in [2.05, 4.69) is 20.4 Å². The van der Waals surface area contributed by atoms with E-state index < -0.39 is 45.6 Å². The van der Waals surface area contributed by atoms with Crippen LogP contribution in [0.4, 0.5) is 17.6 Å². The number of aryl methyl sites for hydroxylation is 1. The normalized spacial score (nSPS) is 10.7. The summed E-state index contributed by atoms with van der Waals surface area (Å²) in [5, 5.41) is 9.87. The predicted octanol–water partition coefficient (Wildman–Crippen LogP) is 3.70. The molecule has 0 saturated heterocycles. The third kappa shape index (κ3) is 4.83. The van der Waals surface area contributed by atoms with Gasteiger partial charge in [0.1, 0.15) is 11.4 Å². The summed E-state index contributed by atoms with van der Waals surface area (Å²) in [5.41, 5.74) is 2.14. The van der Waals surface area contributed by atoms with Crippen molar-refractivity contribution in [1.29, 1.82) is 0 Å². The lowest BCUT2D eigenvalue weighted by molar-refractivity contribution is 0.0966. The molecule has 0 atom stereocenters. The number of thiocarbonyl (C=S) groups is 1. The van der Waals surface area contributed by atoms with E-state index in [4.69, 9.17) is 12.2 Å². The van der Waals surface area contributed by atoms with Crippen molar-refractivity contribution in [2.45, 2.75) is 17.8 Å². The van der Waals surface area contributed by atoms with Crippen LogP contribution in [0.25, 0.3) is 0 Å². The molecule has 13 heteroatoms. The van der Waals surface area contributed by atoms with Crippen molar-refractivity contribution in [2.75, 3.05) is 12.5 Å². The molecule has 32 heavy (non-hydrogen) atoms. The molecule has 0 radical (unpaired) electrons. The lowest BCUT2D eigenvalue weighted by Crippen LogP contribution is -2.39. The monoisotopic (exact) mass is 485 g/mol. The van der Waals surface area contributed by atoms with Gasteiger partial charge in [-0.25, -0.2) is 13.5 Å². The molecule has 0 aliphatic carbocycles. The van der Waals surface area contributed by atoms with Gasteiger partial charge in [-0.1, -0.05) is 42.1 Å². The first kappa shape index (κ1) is 23.5. The number of carbonyl (C=O) groups is 1. The van der Waals surface area contributed by atoms with Crippen LogP contribution in [0, 0.1) is 30.2 Å². The number of rotatable bonds is 6. The van der Waals surface area contributed by atoms with Gasteiger partial charge in [0, 0.05) is 5.75 Å². The van der Waals surface area contributed by atoms with Crippen LogP contribution < -0.4 is 15.5 Å². The van der Waals surface area contributed by atoms with Crippen LogP contribution in [0.3, 0.4) is 0 Å². The van der Waals surface area contributed by atoms with E-state index >= 15 is 0 Å². The van der Waals surface area contributed by atoms with Crippen molar-refractivity contribution >= 4 is 35.0 Å². The number of thioether (sulfide) groups is 1. The fraction of sp³-hybridized carbons (Fsp3) is 0.158. The molecule has 2 N–H and O–H groups in total. The summed E-state index contributed by atoms with van der Waals surface area (Å²) in [6, 6.07) is 9.51. The Bertz CT molecular complexity index is 1150. The minimum atomic E-state index is -1.92. The molecule has 0 aliphatic heterocycles. The molecule has 1 heterocycles. The molecule has 1 aromatic heterocycles. The average molecular weight is 485 g/mol. The SMILES string of the molecule is COc1c(F)c(F)c(C(=O)NC(=S)Nn2c(C)nnc2SCc2ccccc2)c(F)c1F. The first-order chi connectivity index (χ1) is 15.2. The van der Waals surface area contributed by atoms with Crippen LogP contribution in [0.5, 0.6) is 5.75 Å². The van der Waals surface area contributed by atoms with Crippen LogP contribution in [0.1, 0.15) is 21.7 Å². The zero-order valence-electron chi connectivity index (χ0n) is 16.6. The quantitative estimate of drug-likeness (QED) is 0.239. The van der Waals surface area contributed by atoms with Gasteiger partial charge in [-0.3, -0.25) is 15.5 Å². The standard InChI is InChI=1S/C19H15F4N5O2S2/c1-9-25-26-19(32-8-10-6-4-3-5-7-10)28(9)27-18(31)24-17(29)11-12(20)14(22)16(30-2)15(23)13(11)21/h3-7H,8H2,1-2H3,(H2,24,27,29,31). The topological polar surface area (TPSA) is 81.1 Å². The van der Waals surface area contributed by atoms with Crippen LogP contribution in [-0.4, -0.2) is 33.0 Å². The molecule has 2 aromatic carbocycles. The van der Waals surface area contributed by atoms with E-state index in [1.807, 2.05) is 35.6 Å². The second kappa shape index (κ2) is 9.96. The van der Waals surface area contributed by atoms with Crippen LogP contribution >= 0.6 is 24.0 Å². The number of ether oxygens (including phenoxy) is 1. The molecule has 0 spiro atoms. The summed E-state index contributed by atoms with van der Waals surface area (Å²) in [7, 11) is 0.827. The second-order valence-corrected chi connectivity index (χ2v) is 7.55. The van der Waals surface area contributed by atoms with Gasteiger partial charge in [0.15, 0.2) is 22.5 Å². The van der Waals surface area contributed by atoms with Crippen LogP contribution in [0.2, 0.25) is 0 Å². The van der Waals surface area contributed by atoms with E-state index in [1.165, 1.54) is 16.4 Å². The van der Waals surface area contributed by atoms with Crippen molar-refractivity contribution in [3.8, 4) is 5.75 Å². The van der Waals surface area contributed by atoms with Crippen molar-refractivity contribution in [3.05, 3.63) is 70.6 Å². The highest BCUT2D eigenvalue weighted by molar-refractivity contribution is 7.98.